The number of aromatic nitrogens is 1. The molecular weight excluding hydrogens is 252 g/mol. The Balaban J connectivity index is 2.26. The minimum Gasteiger partial charge on any atom is -0.326 e. The van der Waals surface area contributed by atoms with Gasteiger partial charge in [0.05, 0.1) is 0 Å². The smallest absolute Gasteiger partial charge is 0.101 e. The number of nitrogens with zero attached hydrogens (tertiary/aromatic N) is 1. The van der Waals surface area contributed by atoms with Crippen LogP contribution in [-0.2, 0) is 6.54 Å². The Labute approximate surface area is 110 Å². The Morgan fingerprint density at radius 3 is 2.82 bits per heavy atom. The zero-order valence-electron chi connectivity index (χ0n) is 9.48. The van der Waals surface area contributed by atoms with E-state index in [4.69, 9.17) is 17.3 Å². The molecule has 0 saturated heterocycles. The maximum absolute atomic E-state index is 5.95. The first kappa shape index (κ1) is 12.4. The van der Waals surface area contributed by atoms with Gasteiger partial charge in [0, 0.05) is 22.2 Å². The van der Waals surface area contributed by atoms with Gasteiger partial charge in [0.1, 0.15) is 5.03 Å². The maximum atomic E-state index is 5.95. The van der Waals surface area contributed by atoms with Gasteiger partial charge < -0.3 is 5.73 Å². The van der Waals surface area contributed by atoms with Crippen molar-refractivity contribution in [3.05, 3.63) is 52.7 Å². The molecule has 1 aromatic heterocycles. The molecule has 0 radical (unpaired) electrons. The zero-order valence-corrected chi connectivity index (χ0v) is 11.1. The molecule has 88 valence electrons. The monoisotopic (exact) mass is 264 g/mol. The summed E-state index contributed by atoms with van der Waals surface area (Å²) < 4.78 is 0. The van der Waals surface area contributed by atoms with E-state index in [1.165, 1.54) is 0 Å². The summed E-state index contributed by atoms with van der Waals surface area (Å²) >= 11 is 7.54. The normalized spacial score (nSPS) is 10.5. The van der Waals surface area contributed by atoms with E-state index in [0.717, 1.165) is 26.2 Å². The third-order valence-electron chi connectivity index (χ3n) is 2.24. The van der Waals surface area contributed by atoms with Crippen molar-refractivity contribution in [1.82, 2.24) is 4.98 Å². The highest BCUT2D eigenvalue weighted by molar-refractivity contribution is 7.99. The topological polar surface area (TPSA) is 38.9 Å². The Morgan fingerprint density at radius 1 is 1.29 bits per heavy atom. The van der Waals surface area contributed by atoms with E-state index in [-0.39, 0.29) is 0 Å². The highest BCUT2D eigenvalue weighted by atomic mass is 35.5. The summed E-state index contributed by atoms with van der Waals surface area (Å²) in [6, 6.07) is 11.8. The van der Waals surface area contributed by atoms with Crippen LogP contribution in [0.3, 0.4) is 0 Å². The van der Waals surface area contributed by atoms with Crippen molar-refractivity contribution in [2.75, 3.05) is 0 Å². The molecule has 2 rings (SSSR count). The molecule has 0 atom stereocenters. The molecular formula is C13H13ClN2S. The molecule has 0 bridgehead atoms. The summed E-state index contributed by atoms with van der Waals surface area (Å²) in [5.74, 6) is 0. The van der Waals surface area contributed by atoms with Crippen molar-refractivity contribution in [3.63, 3.8) is 0 Å². The molecule has 0 saturated carbocycles. The predicted octanol–water partition coefficient (Wildman–Crippen LogP) is 3.65. The van der Waals surface area contributed by atoms with Crippen molar-refractivity contribution in [2.24, 2.45) is 5.73 Å². The van der Waals surface area contributed by atoms with Crippen molar-refractivity contribution in [2.45, 2.75) is 23.4 Å². The highest BCUT2D eigenvalue weighted by Crippen LogP contribution is 2.28. The number of rotatable bonds is 3. The fourth-order valence-corrected chi connectivity index (χ4v) is 2.76. The maximum Gasteiger partial charge on any atom is 0.101 e. The van der Waals surface area contributed by atoms with Crippen LogP contribution in [0.15, 0.2) is 46.3 Å². The molecule has 0 fully saturated rings. The zero-order chi connectivity index (χ0) is 12.3. The minimum atomic E-state index is 0.534. The average Bonchev–Trinajstić information content (AvgIpc) is 2.28. The second kappa shape index (κ2) is 5.54. The lowest BCUT2D eigenvalue weighted by Crippen LogP contribution is -1.98. The molecule has 0 unspecified atom stereocenters. The van der Waals surface area contributed by atoms with Gasteiger partial charge in [0.2, 0.25) is 0 Å². The number of aryl methyl sites for hydroxylation is 1. The standard InChI is InChI=1S/C13H13ClN2S/c1-9-5-10(8-15)6-13(16-9)17-12-4-2-3-11(14)7-12/h2-7H,8,15H2,1H3. The number of hydrogen-bond donors (Lipinski definition) is 1. The van der Waals surface area contributed by atoms with Gasteiger partial charge in [-0.25, -0.2) is 4.98 Å². The van der Waals surface area contributed by atoms with E-state index in [1.54, 1.807) is 11.8 Å². The predicted molar refractivity (Wildman–Crippen MR) is 72.4 cm³/mol. The first-order chi connectivity index (χ1) is 8.17. The third kappa shape index (κ3) is 3.46. The summed E-state index contributed by atoms with van der Waals surface area (Å²) in [6.45, 7) is 2.51. The van der Waals surface area contributed by atoms with Crippen molar-refractivity contribution >= 4 is 23.4 Å². The fraction of sp³-hybridized carbons (Fsp3) is 0.154. The second-order valence-electron chi connectivity index (χ2n) is 3.72. The molecule has 1 aromatic carbocycles. The van der Waals surface area contributed by atoms with Gasteiger partial charge in [0.25, 0.3) is 0 Å². The van der Waals surface area contributed by atoms with Crippen molar-refractivity contribution < 1.29 is 0 Å². The van der Waals surface area contributed by atoms with E-state index in [9.17, 15) is 0 Å². The van der Waals surface area contributed by atoms with Crippen LogP contribution >= 0.6 is 23.4 Å². The molecule has 17 heavy (non-hydrogen) atoms. The molecule has 4 heteroatoms. The van der Waals surface area contributed by atoms with Gasteiger partial charge in [-0.05, 0) is 42.8 Å². The number of nitrogens with two attached hydrogens (primary N) is 1. The molecule has 0 amide bonds. The fourth-order valence-electron chi connectivity index (χ4n) is 1.53. The lowest BCUT2D eigenvalue weighted by molar-refractivity contribution is 0.987. The summed E-state index contributed by atoms with van der Waals surface area (Å²) in [7, 11) is 0. The Kier molecular flexibility index (Phi) is 4.05. The van der Waals surface area contributed by atoms with E-state index in [0.29, 0.717) is 6.54 Å². The Bertz CT molecular complexity index is 529. The molecule has 0 aliphatic heterocycles. The molecule has 0 aliphatic rings. The van der Waals surface area contributed by atoms with E-state index in [2.05, 4.69) is 4.98 Å². The van der Waals surface area contributed by atoms with Gasteiger partial charge in [0.15, 0.2) is 0 Å². The van der Waals surface area contributed by atoms with Gasteiger partial charge >= 0.3 is 0 Å². The van der Waals surface area contributed by atoms with Crippen LogP contribution in [0.1, 0.15) is 11.3 Å². The van der Waals surface area contributed by atoms with Crippen molar-refractivity contribution in [3.8, 4) is 0 Å². The van der Waals surface area contributed by atoms with Crippen LogP contribution in [0.5, 0.6) is 0 Å². The minimum absolute atomic E-state index is 0.534. The summed E-state index contributed by atoms with van der Waals surface area (Å²) in [5, 5.41) is 1.69. The number of benzene rings is 1. The molecule has 1 heterocycles. The lowest BCUT2D eigenvalue weighted by Gasteiger charge is -2.05. The van der Waals surface area contributed by atoms with Crippen LogP contribution in [0, 0.1) is 6.92 Å². The van der Waals surface area contributed by atoms with Gasteiger partial charge in [-0.15, -0.1) is 0 Å². The summed E-state index contributed by atoms with van der Waals surface area (Å²) in [6.07, 6.45) is 0. The van der Waals surface area contributed by atoms with Crippen LogP contribution in [0.2, 0.25) is 5.02 Å². The molecule has 0 spiro atoms. The number of pyridine rings is 1. The van der Waals surface area contributed by atoms with Crippen LogP contribution < -0.4 is 5.73 Å². The van der Waals surface area contributed by atoms with Crippen LogP contribution in [-0.4, -0.2) is 4.98 Å². The first-order valence-electron chi connectivity index (χ1n) is 5.28. The number of halogens is 1. The van der Waals surface area contributed by atoms with E-state index in [1.807, 2.05) is 43.3 Å². The third-order valence-corrected chi connectivity index (χ3v) is 3.39. The average molecular weight is 265 g/mol. The molecule has 2 N–H and O–H groups in total. The van der Waals surface area contributed by atoms with Gasteiger partial charge in [-0.2, -0.15) is 0 Å². The highest BCUT2D eigenvalue weighted by Gasteiger charge is 2.02. The summed E-state index contributed by atoms with van der Waals surface area (Å²) in [4.78, 5) is 5.55. The van der Waals surface area contributed by atoms with Crippen LogP contribution in [0.4, 0.5) is 0 Å². The quantitative estimate of drug-likeness (QED) is 0.920. The Morgan fingerprint density at radius 2 is 2.12 bits per heavy atom. The second-order valence-corrected chi connectivity index (χ2v) is 5.25. The summed E-state index contributed by atoms with van der Waals surface area (Å²) in [5.41, 5.74) is 7.73. The molecule has 2 aromatic rings. The first-order valence-corrected chi connectivity index (χ1v) is 6.48. The van der Waals surface area contributed by atoms with Crippen molar-refractivity contribution in [1.29, 1.82) is 0 Å². The Hall–Kier alpha value is -1.03. The SMILES string of the molecule is Cc1cc(CN)cc(Sc2cccc(Cl)c2)n1. The van der Waals surface area contributed by atoms with Gasteiger partial charge in [-0.1, -0.05) is 29.4 Å². The largest absolute Gasteiger partial charge is 0.326 e. The van der Waals surface area contributed by atoms with Crippen LogP contribution in [0.25, 0.3) is 0 Å². The lowest BCUT2D eigenvalue weighted by atomic mass is 10.2. The molecule has 0 aliphatic carbocycles. The van der Waals surface area contributed by atoms with Gasteiger partial charge in [-0.3, -0.25) is 0 Å². The van der Waals surface area contributed by atoms with E-state index < -0.39 is 0 Å². The molecule has 2 nitrogen and oxygen atoms in total. The van der Waals surface area contributed by atoms with E-state index >= 15 is 0 Å². The number of hydrogen-bond acceptors (Lipinski definition) is 3.